The Bertz CT molecular complexity index is 423. The van der Waals surface area contributed by atoms with E-state index in [2.05, 4.69) is 4.74 Å². The van der Waals surface area contributed by atoms with Crippen LogP contribution >= 0.6 is 0 Å². The molecule has 0 heterocycles. The maximum atomic E-state index is 11.1. The fourth-order valence-electron chi connectivity index (χ4n) is 1.13. The molecule has 1 aromatic carbocycles. The first-order chi connectivity index (χ1) is 8.04. The molecule has 0 aliphatic heterocycles. The average molecular weight is 234 g/mol. The van der Waals surface area contributed by atoms with Crippen LogP contribution < -0.4 is 0 Å². The summed E-state index contributed by atoms with van der Waals surface area (Å²) in [5, 5.41) is 0. The molecule has 0 unspecified atom stereocenters. The zero-order chi connectivity index (χ0) is 13.3. The Morgan fingerprint density at radius 3 is 2.12 bits per heavy atom. The lowest BCUT2D eigenvalue weighted by molar-refractivity contribution is -0.191. The Kier molecular flexibility index (Phi) is 6.99. The van der Waals surface area contributed by atoms with Crippen LogP contribution in [0.2, 0.25) is 0 Å². The molecule has 0 bridgehead atoms. The number of hydrogen-bond donors (Lipinski definition) is 0. The molecule has 0 aromatic heterocycles. The minimum Gasteiger partial charge on any atom is -0.466 e. The van der Waals surface area contributed by atoms with E-state index in [1.54, 1.807) is 6.92 Å². The summed E-state index contributed by atoms with van der Waals surface area (Å²) in [7, 11) is 1.38. The van der Waals surface area contributed by atoms with Gasteiger partial charge in [0.05, 0.1) is 7.11 Å². The van der Waals surface area contributed by atoms with E-state index in [4.69, 9.17) is 9.59 Å². The fraction of sp³-hybridized carbons (Fsp3) is 0.231. The van der Waals surface area contributed by atoms with Crippen LogP contribution in [0.15, 0.2) is 29.8 Å². The number of aryl methyl sites for hydroxylation is 1. The highest BCUT2D eigenvalue weighted by molar-refractivity contribution is 5.92. The molecule has 0 atom stereocenters. The zero-order valence-electron chi connectivity index (χ0n) is 10.0. The first-order valence-electron chi connectivity index (χ1n) is 4.87. The molecule has 0 aliphatic rings. The molecule has 0 N–H and O–H groups in total. The highest BCUT2D eigenvalue weighted by atomic mass is 16.5. The van der Waals surface area contributed by atoms with Gasteiger partial charge in [0, 0.05) is 5.57 Å². The van der Waals surface area contributed by atoms with Gasteiger partial charge in [0.2, 0.25) is 0 Å². The zero-order valence-corrected chi connectivity index (χ0v) is 10.0. The normalized spacial score (nSPS) is 9.71. The molecule has 1 aromatic rings. The molecule has 1 rings (SSSR count). The molecule has 4 heteroatoms. The lowest BCUT2D eigenvalue weighted by Crippen LogP contribution is -2.00. The summed E-state index contributed by atoms with van der Waals surface area (Å²) in [5.41, 5.74) is 2.83. The van der Waals surface area contributed by atoms with E-state index >= 15 is 0 Å². The first-order valence-corrected chi connectivity index (χ1v) is 4.87. The Morgan fingerprint density at radius 1 is 1.24 bits per heavy atom. The van der Waals surface area contributed by atoms with Crippen molar-refractivity contribution in [1.82, 2.24) is 0 Å². The molecule has 0 amide bonds. The van der Waals surface area contributed by atoms with Crippen LogP contribution in [0.4, 0.5) is 0 Å². The summed E-state index contributed by atoms with van der Waals surface area (Å²) in [6.45, 7) is 3.77. The van der Waals surface area contributed by atoms with Gasteiger partial charge in [-0.05, 0) is 25.5 Å². The fourth-order valence-corrected chi connectivity index (χ4v) is 1.13. The highest BCUT2D eigenvalue weighted by Crippen LogP contribution is 2.08. The molecular weight excluding hydrogens is 220 g/mol. The quantitative estimate of drug-likeness (QED) is 0.580. The van der Waals surface area contributed by atoms with E-state index in [0.717, 1.165) is 5.56 Å². The van der Waals surface area contributed by atoms with E-state index in [1.165, 1.54) is 12.7 Å². The first kappa shape index (κ1) is 14.8. The molecule has 0 saturated heterocycles. The number of carbonyl (C=O) groups is 1. The van der Waals surface area contributed by atoms with Crippen molar-refractivity contribution in [2.24, 2.45) is 0 Å². The maximum absolute atomic E-state index is 11.1. The van der Waals surface area contributed by atoms with Crippen molar-refractivity contribution in [2.75, 3.05) is 7.11 Å². The number of carbonyl (C=O) groups excluding carboxylic acids is 3. The van der Waals surface area contributed by atoms with Gasteiger partial charge in [-0.25, -0.2) is 4.79 Å². The monoisotopic (exact) mass is 234 g/mol. The summed E-state index contributed by atoms with van der Waals surface area (Å²) in [6.07, 6.45) is 2.06. The molecule has 0 spiro atoms. The van der Waals surface area contributed by atoms with Gasteiger partial charge in [-0.2, -0.15) is 9.59 Å². The van der Waals surface area contributed by atoms with Gasteiger partial charge in [-0.15, -0.1) is 0 Å². The van der Waals surface area contributed by atoms with Crippen LogP contribution in [0.25, 0.3) is 6.08 Å². The average Bonchev–Trinajstić information content (AvgIpc) is 2.32. The van der Waals surface area contributed by atoms with Crippen LogP contribution in [0.5, 0.6) is 0 Å². The van der Waals surface area contributed by atoms with Crippen molar-refractivity contribution < 1.29 is 19.1 Å². The summed E-state index contributed by atoms with van der Waals surface area (Å²) in [6, 6.07) is 7.97. The summed E-state index contributed by atoms with van der Waals surface area (Å²) in [4.78, 5) is 27.3. The van der Waals surface area contributed by atoms with Crippen LogP contribution in [-0.4, -0.2) is 19.2 Å². The van der Waals surface area contributed by atoms with Crippen LogP contribution in [0.3, 0.4) is 0 Å². The Balaban J connectivity index is 0.000000770. The van der Waals surface area contributed by atoms with E-state index in [9.17, 15) is 4.79 Å². The number of rotatable bonds is 2. The van der Waals surface area contributed by atoms with Crippen molar-refractivity contribution in [1.29, 1.82) is 0 Å². The SMILES string of the molecule is COC(=O)/C(C)=C/c1ccc(C)cc1.O=C=O. The third kappa shape index (κ3) is 6.07. The lowest BCUT2D eigenvalue weighted by Gasteiger charge is -1.99. The summed E-state index contributed by atoms with van der Waals surface area (Å²) >= 11 is 0. The van der Waals surface area contributed by atoms with Crippen molar-refractivity contribution in [3.05, 3.63) is 41.0 Å². The van der Waals surface area contributed by atoms with Crippen molar-refractivity contribution in [2.45, 2.75) is 13.8 Å². The second-order valence-corrected chi connectivity index (χ2v) is 3.31. The smallest absolute Gasteiger partial charge is 0.373 e. The Hall–Kier alpha value is -2.19. The van der Waals surface area contributed by atoms with Gasteiger partial charge >= 0.3 is 12.1 Å². The molecule has 90 valence electrons. The van der Waals surface area contributed by atoms with Gasteiger partial charge in [-0.3, -0.25) is 0 Å². The Labute approximate surface area is 99.9 Å². The van der Waals surface area contributed by atoms with Crippen LogP contribution in [0, 0.1) is 6.92 Å². The second kappa shape index (κ2) is 8.02. The van der Waals surface area contributed by atoms with Crippen molar-refractivity contribution in [3.8, 4) is 0 Å². The predicted octanol–water partition coefficient (Wildman–Crippen LogP) is 1.99. The van der Waals surface area contributed by atoms with Crippen LogP contribution in [0.1, 0.15) is 18.1 Å². The largest absolute Gasteiger partial charge is 0.466 e. The molecule has 17 heavy (non-hydrogen) atoms. The van der Waals surface area contributed by atoms with E-state index < -0.39 is 0 Å². The predicted molar refractivity (Wildman–Crippen MR) is 61.9 cm³/mol. The molecular formula is C13H14O4. The molecule has 0 aliphatic carbocycles. The minimum atomic E-state index is -0.287. The standard InChI is InChI=1S/C12H14O2.CO2/c1-9-4-6-11(7-5-9)8-10(2)12(13)14-3;2-1-3/h4-8H,1-3H3;/b10-8+;. The second-order valence-electron chi connectivity index (χ2n) is 3.31. The van der Waals surface area contributed by atoms with E-state index in [-0.39, 0.29) is 12.1 Å². The third-order valence-corrected chi connectivity index (χ3v) is 1.97. The minimum absolute atomic E-state index is 0.250. The molecule has 0 fully saturated rings. The third-order valence-electron chi connectivity index (χ3n) is 1.97. The van der Waals surface area contributed by atoms with Gasteiger partial charge in [0.1, 0.15) is 0 Å². The van der Waals surface area contributed by atoms with Crippen LogP contribution in [-0.2, 0) is 19.1 Å². The number of ether oxygens (including phenoxy) is 1. The Morgan fingerprint density at radius 2 is 1.71 bits per heavy atom. The molecule has 0 radical (unpaired) electrons. The van der Waals surface area contributed by atoms with Gasteiger partial charge < -0.3 is 4.74 Å². The lowest BCUT2D eigenvalue weighted by atomic mass is 10.1. The summed E-state index contributed by atoms with van der Waals surface area (Å²) in [5.74, 6) is -0.287. The number of benzene rings is 1. The van der Waals surface area contributed by atoms with Crippen molar-refractivity contribution >= 4 is 18.2 Å². The van der Waals surface area contributed by atoms with E-state index in [1.807, 2.05) is 37.3 Å². The number of methoxy groups -OCH3 is 1. The molecule has 4 nitrogen and oxygen atoms in total. The van der Waals surface area contributed by atoms with E-state index in [0.29, 0.717) is 5.57 Å². The van der Waals surface area contributed by atoms with Gasteiger partial charge in [0.15, 0.2) is 0 Å². The maximum Gasteiger partial charge on any atom is 0.373 e. The molecule has 0 saturated carbocycles. The summed E-state index contributed by atoms with van der Waals surface area (Å²) < 4.78 is 4.60. The van der Waals surface area contributed by atoms with Gasteiger partial charge in [-0.1, -0.05) is 29.8 Å². The highest BCUT2D eigenvalue weighted by Gasteiger charge is 2.01. The van der Waals surface area contributed by atoms with Gasteiger partial charge in [0.25, 0.3) is 0 Å². The van der Waals surface area contributed by atoms with Crippen molar-refractivity contribution in [3.63, 3.8) is 0 Å². The number of esters is 1. The topological polar surface area (TPSA) is 60.4 Å². The number of hydrogen-bond acceptors (Lipinski definition) is 4.